The predicted octanol–water partition coefficient (Wildman–Crippen LogP) is 3.21. The molecule has 1 heterocycles. The number of carbonyl (C=O) groups is 2. The normalized spacial score (nSPS) is 17.0. The van der Waals surface area contributed by atoms with E-state index in [0.717, 1.165) is 10.5 Å². The molecule has 1 aliphatic heterocycles. The summed E-state index contributed by atoms with van der Waals surface area (Å²) in [5, 5.41) is 3.39. The number of nitrogens with zero attached hydrogens (tertiary/aromatic N) is 2. The van der Waals surface area contributed by atoms with Crippen LogP contribution in [0.4, 0.5) is 18.0 Å². The highest BCUT2D eigenvalue weighted by molar-refractivity contribution is 6.30. The highest BCUT2D eigenvalue weighted by Crippen LogP contribution is 2.20. The highest BCUT2D eigenvalue weighted by Gasteiger charge is 2.42. The molecule has 1 aliphatic rings. The molecule has 5 nitrogen and oxygen atoms in total. The zero-order valence-electron chi connectivity index (χ0n) is 13.6. The Balaban J connectivity index is 1.92. The summed E-state index contributed by atoms with van der Waals surface area (Å²) < 4.78 is 37.5. The highest BCUT2D eigenvalue weighted by atomic mass is 35.5. The van der Waals surface area contributed by atoms with Crippen LogP contribution in [-0.4, -0.2) is 54.1 Å². The smallest absolute Gasteiger partial charge is 0.333 e. The number of halogens is 4. The van der Waals surface area contributed by atoms with Gasteiger partial charge in [0.05, 0.1) is 6.04 Å². The molecule has 9 heteroatoms. The van der Waals surface area contributed by atoms with Gasteiger partial charge in [-0.1, -0.05) is 23.7 Å². The predicted molar refractivity (Wildman–Crippen MR) is 87.2 cm³/mol. The molecule has 0 radical (unpaired) electrons. The number of urea groups is 1. The van der Waals surface area contributed by atoms with Crippen LogP contribution in [0.2, 0.25) is 5.02 Å². The van der Waals surface area contributed by atoms with Crippen molar-refractivity contribution in [2.24, 2.45) is 0 Å². The maximum atomic E-state index is 12.5. The lowest BCUT2D eigenvalue weighted by molar-refractivity contribution is -0.185. The Labute approximate surface area is 148 Å². The fourth-order valence-corrected chi connectivity index (χ4v) is 2.74. The summed E-state index contributed by atoms with van der Waals surface area (Å²) >= 11 is 5.83. The molecule has 1 aromatic carbocycles. The second-order valence-corrected chi connectivity index (χ2v) is 6.29. The maximum Gasteiger partial charge on any atom is 0.471 e. The molecule has 1 saturated heterocycles. The topological polar surface area (TPSA) is 52.7 Å². The Bertz CT molecular complexity index is 622. The van der Waals surface area contributed by atoms with E-state index >= 15 is 0 Å². The zero-order valence-corrected chi connectivity index (χ0v) is 14.4. The van der Waals surface area contributed by atoms with Crippen LogP contribution in [0, 0.1) is 0 Å². The van der Waals surface area contributed by atoms with Gasteiger partial charge in [0.2, 0.25) is 0 Å². The van der Waals surface area contributed by atoms with Gasteiger partial charge in [-0.05, 0) is 31.0 Å². The van der Waals surface area contributed by atoms with Gasteiger partial charge in [-0.2, -0.15) is 13.2 Å². The van der Waals surface area contributed by atoms with Crippen molar-refractivity contribution in [2.75, 3.05) is 26.2 Å². The lowest BCUT2D eigenvalue weighted by atomic mass is 10.1. The number of benzene rings is 1. The van der Waals surface area contributed by atoms with E-state index in [1.165, 1.54) is 4.90 Å². The van der Waals surface area contributed by atoms with Crippen LogP contribution in [0.5, 0.6) is 0 Å². The summed E-state index contributed by atoms with van der Waals surface area (Å²) in [6, 6.07) is 6.36. The van der Waals surface area contributed by atoms with Crippen molar-refractivity contribution in [3.63, 3.8) is 0 Å². The van der Waals surface area contributed by atoms with Crippen molar-refractivity contribution in [1.29, 1.82) is 0 Å². The Hall–Kier alpha value is -1.96. The van der Waals surface area contributed by atoms with Crippen molar-refractivity contribution >= 4 is 23.5 Å². The summed E-state index contributed by atoms with van der Waals surface area (Å²) in [5.74, 6) is -1.86. The summed E-state index contributed by atoms with van der Waals surface area (Å²) in [4.78, 5) is 25.8. The van der Waals surface area contributed by atoms with Gasteiger partial charge in [-0.25, -0.2) is 4.79 Å². The molecule has 1 N–H and O–H groups in total. The van der Waals surface area contributed by atoms with Crippen molar-refractivity contribution in [3.05, 3.63) is 34.9 Å². The second kappa shape index (κ2) is 7.95. The summed E-state index contributed by atoms with van der Waals surface area (Å²) in [6.07, 6.45) is -4.59. The number of hydrogen-bond acceptors (Lipinski definition) is 2. The molecule has 0 aliphatic carbocycles. The van der Waals surface area contributed by atoms with Gasteiger partial charge < -0.3 is 15.1 Å². The standard InChI is InChI=1S/C16H19ClF3N3O2/c1-11(12-3-5-13(17)6-4-12)21-15(25)23-8-2-7-22(9-10-23)14(24)16(18,19)20/h3-6,11H,2,7-10H2,1H3,(H,21,25). The molecular weight excluding hydrogens is 359 g/mol. The number of carbonyl (C=O) groups excluding carboxylic acids is 2. The molecular formula is C16H19ClF3N3O2. The molecule has 0 aromatic heterocycles. The first-order valence-corrected chi connectivity index (χ1v) is 8.23. The van der Waals surface area contributed by atoms with E-state index in [4.69, 9.17) is 11.6 Å². The molecule has 1 unspecified atom stereocenters. The average Bonchev–Trinajstić information content (AvgIpc) is 2.79. The Morgan fingerprint density at radius 1 is 1.08 bits per heavy atom. The van der Waals surface area contributed by atoms with Gasteiger partial charge in [0.25, 0.3) is 0 Å². The van der Waals surface area contributed by atoms with E-state index < -0.39 is 12.1 Å². The molecule has 0 bridgehead atoms. The monoisotopic (exact) mass is 377 g/mol. The number of alkyl halides is 3. The van der Waals surface area contributed by atoms with Crippen molar-refractivity contribution in [3.8, 4) is 0 Å². The van der Waals surface area contributed by atoms with Gasteiger partial charge in [0.15, 0.2) is 0 Å². The minimum Gasteiger partial charge on any atom is -0.333 e. The fraction of sp³-hybridized carbons (Fsp3) is 0.500. The number of rotatable bonds is 2. The van der Waals surface area contributed by atoms with Gasteiger partial charge in [-0.3, -0.25) is 4.79 Å². The van der Waals surface area contributed by atoms with Crippen molar-refractivity contribution in [1.82, 2.24) is 15.1 Å². The lowest BCUT2D eigenvalue weighted by Gasteiger charge is -2.24. The average molecular weight is 378 g/mol. The molecule has 1 fully saturated rings. The molecule has 1 aromatic rings. The molecule has 2 rings (SSSR count). The minimum atomic E-state index is -4.89. The third-order valence-corrected chi connectivity index (χ3v) is 4.27. The SMILES string of the molecule is CC(NC(=O)N1CCCN(C(=O)C(F)(F)F)CC1)c1ccc(Cl)cc1. The Morgan fingerprint density at radius 3 is 2.24 bits per heavy atom. The first-order valence-electron chi connectivity index (χ1n) is 7.85. The molecule has 0 saturated carbocycles. The van der Waals surface area contributed by atoms with Crippen LogP contribution in [0.25, 0.3) is 0 Å². The van der Waals surface area contributed by atoms with Crippen LogP contribution in [0.3, 0.4) is 0 Å². The molecule has 0 spiro atoms. The number of hydrogen-bond donors (Lipinski definition) is 1. The third-order valence-electron chi connectivity index (χ3n) is 4.02. The fourth-order valence-electron chi connectivity index (χ4n) is 2.61. The van der Waals surface area contributed by atoms with E-state index in [1.54, 1.807) is 31.2 Å². The van der Waals surface area contributed by atoms with E-state index in [9.17, 15) is 22.8 Å². The van der Waals surface area contributed by atoms with Gasteiger partial charge in [0.1, 0.15) is 0 Å². The van der Waals surface area contributed by atoms with E-state index in [2.05, 4.69) is 5.32 Å². The maximum absolute atomic E-state index is 12.5. The van der Waals surface area contributed by atoms with Gasteiger partial charge in [0, 0.05) is 31.2 Å². The zero-order chi connectivity index (χ0) is 18.6. The lowest BCUT2D eigenvalue weighted by Crippen LogP contribution is -2.45. The molecule has 1 atom stereocenters. The van der Waals surface area contributed by atoms with Crippen LogP contribution in [0.1, 0.15) is 24.9 Å². The quantitative estimate of drug-likeness (QED) is 0.860. The Kier molecular flexibility index (Phi) is 6.16. The molecule has 25 heavy (non-hydrogen) atoms. The summed E-state index contributed by atoms with van der Waals surface area (Å²) in [5.41, 5.74) is 0.862. The van der Waals surface area contributed by atoms with Crippen LogP contribution < -0.4 is 5.32 Å². The van der Waals surface area contributed by atoms with Gasteiger partial charge in [-0.15, -0.1) is 0 Å². The van der Waals surface area contributed by atoms with E-state index in [0.29, 0.717) is 18.0 Å². The van der Waals surface area contributed by atoms with Crippen molar-refractivity contribution in [2.45, 2.75) is 25.6 Å². The molecule has 138 valence electrons. The van der Waals surface area contributed by atoms with Gasteiger partial charge >= 0.3 is 18.1 Å². The third kappa shape index (κ3) is 5.26. The first kappa shape index (κ1) is 19.4. The number of nitrogens with one attached hydrogen (secondary N) is 1. The largest absolute Gasteiger partial charge is 0.471 e. The summed E-state index contributed by atoms with van der Waals surface area (Å²) in [7, 11) is 0. The minimum absolute atomic E-state index is 0.0190. The van der Waals surface area contributed by atoms with Crippen LogP contribution >= 0.6 is 11.6 Å². The van der Waals surface area contributed by atoms with Crippen LogP contribution in [-0.2, 0) is 4.79 Å². The summed E-state index contributed by atoms with van der Waals surface area (Å²) in [6.45, 7) is 2.00. The Morgan fingerprint density at radius 2 is 1.64 bits per heavy atom. The van der Waals surface area contributed by atoms with E-state index in [1.807, 2.05) is 0 Å². The first-order chi connectivity index (χ1) is 11.7. The van der Waals surface area contributed by atoms with E-state index in [-0.39, 0.29) is 31.7 Å². The number of amides is 3. The van der Waals surface area contributed by atoms with Crippen molar-refractivity contribution < 1.29 is 22.8 Å². The second-order valence-electron chi connectivity index (χ2n) is 5.85. The van der Waals surface area contributed by atoms with Crippen LogP contribution in [0.15, 0.2) is 24.3 Å². The molecule has 3 amide bonds.